The summed E-state index contributed by atoms with van der Waals surface area (Å²) in [6.45, 7) is 4.28. The lowest BCUT2D eigenvalue weighted by Crippen LogP contribution is -2.24. The second kappa shape index (κ2) is 8.22. The van der Waals surface area contributed by atoms with E-state index in [-0.39, 0.29) is 11.9 Å². The molecule has 3 heteroatoms. The fraction of sp³-hybridized carbons (Fsp3) is 0.600. The molecule has 1 unspecified atom stereocenters. The Balaban J connectivity index is 2.30. The molecule has 0 aliphatic rings. The van der Waals surface area contributed by atoms with Gasteiger partial charge in [-0.3, -0.25) is 0 Å². The minimum Gasteiger partial charge on any atom is -0.324 e. The lowest BCUT2D eigenvalue weighted by molar-refractivity contribution is 0.311. The third-order valence-electron chi connectivity index (χ3n) is 3.24. The van der Waals surface area contributed by atoms with Crippen molar-refractivity contribution in [3.8, 4) is 0 Å². The van der Waals surface area contributed by atoms with Gasteiger partial charge >= 0.3 is 0 Å². The van der Waals surface area contributed by atoms with Gasteiger partial charge in [0.05, 0.1) is 0 Å². The highest BCUT2D eigenvalue weighted by Gasteiger charge is 2.08. The molecule has 18 heavy (non-hydrogen) atoms. The fourth-order valence-electron chi connectivity index (χ4n) is 2.01. The van der Waals surface area contributed by atoms with Crippen LogP contribution in [0.15, 0.2) is 24.3 Å². The molecule has 0 saturated carbocycles. The second-order valence-electron chi connectivity index (χ2n) is 4.96. The Labute approximate surface area is 110 Å². The predicted molar refractivity (Wildman–Crippen MR) is 75.0 cm³/mol. The van der Waals surface area contributed by atoms with Gasteiger partial charge in [-0.1, -0.05) is 31.9 Å². The van der Waals surface area contributed by atoms with Crippen molar-refractivity contribution in [1.82, 2.24) is 4.90 Å². The third-order valence-corrected chi connectivity index (χ3v) is 3.24. The Morgan fingerprint density at radius 3 is 2.72 bits per heavy atom. The minimum absolute atomic E-state index is 0.0747. The zero-order valence-corrected chi connectivity index (χ0v) is 11.5. The number of nitrogens with two attached hydrogens (primary N) is 1. The fourth-order valence-corrected chi connectivity index (χ4v) is 2.01. The molecule has 0 spiro atoms. The summed E-state index contributed by atoms with van der Waals surface area (Å²) < 4.78 is 13.1. The molecule has 0 amide bonds. The molecule has 1 aromatic carbocycles. The molecule has 0 aliphatic heterocycles. The van der Waals surface area contributed by atoms with Crippen LogP contribution in [-0.2, 0) is 0 Å². The molecule has 0 aliphatic carbocycles. The lowest BCUT2D eigenvalue weighted by Gasteiger charge is -2.19. The van der Waals surface area contributed by atoms with Crippen molar-refractivity contribution in [1.29, 1.82) is 0 Å². The van der Waals surface area contributed by atoms with Crippen molar-refractivity contribution >= 4 is 0 Å². The quantitative estimate of drug-likeness (QED) is 0.719. The average molecular weight is 252 g/mol. The Bertz CT molecular complexity index is 341. The van der Waals surface area contributed by atoms with Gasteiger partial charge in [0.25, 0.3) is 0 Å². The molecule has 1 aromatic rings. The number of rotatable bonds is 8. The van der Waals surface area contributed by atoms with Crippen LogP contribution in [0.25, 0.3) is 0 Å². The molecule has 0 saturated heterocycles. The van der Waals surface area contributed by atoms with Gasteiger partial charge in [-0.05, 0) is 50.7 Å². The van der Waals surface area contributed by atoms with Gasteiger partial charge in [-0.2, -0.15) is 0 Å². The molecule has 0 radical (unpaired) electrons. The monoisotopic (exact) mass is 252 g/mol. The molecule has 2 N–H and O–H groups in total. The Morgan fingerprint density at radius 2 is 2.06 bits per heavy atom. The minimum atomic E-state index is -0.209. The first-order valence-corrected chi connectivity index (χ1v) is 6.83. The largest absolute Gasteiger partial charge is 0.324 e. The maximum atomic E-state index is 13.1. The number of hydrogen-bond acceptors (Lipinski definition) is 2. The van der Waals surface area contributed by atoms with Crippen molar-refractivity contribution < 1.29 is 4.39 Å². The Kier molecular flexibility index (Phi) is 6.91. The van der Waals surface area contributed by atoms with E-state index >= 15 is 0 Å². The number of benzene rings is 1. The highest BCUT2D eigenvalue weighted by Crippen LogP contribution is 2.15. The van der Waals surface area contributed by atoms with E-state index in [1.165, 1.54) is 31.4 Å². The van der Waals surface area contributed by atoms with Gasteiger partial charge < -0.3 is 10.6 Å². The van der Waals surface area contributed by atoms with Crippen LogP contribution in [0.1, 0.15) is 44.2 Å². The summed E-state index contributed by atoms with van der Waals surface area (Å²) in [5.74, 6) is -0.209. The number of nitrogens with zero attached hydrogens (tertiary/aromatic N) is 1. The molecule has 0 heterocycles. The van der Waals surface area contributed by atoms with Gasteiger partial charge in [-0.15, -0.1) is 0 Å². The van der Waals surface area contributed by atoms with E-state index in [1.807, 2.05) is 6.07 Å². The van der Waals surface area contributed by atoms with Crippen LogP contribution in [0, 0.1) is 5.82 Å². The van der Waals surface area contributed by atoms with Crippen molar-refractivity contribution in [3.05, 3.63) is 35.6 Å². The van der Waals surface area contributed by atoms with Crippen LogP contribution in [0.2, 0.25) is 0 Å². The summed E-state index contributed by atoms with van der Waals surface area (Å²) in [6.07, 6.45) is 4.63. The highest BCUT2D eigenvalue weighted by atomic mass is 19.1. The summed E-state index contributed by atoms with van der Waals surface area (Å²) in [5, 5.41) is 0. The molecular formula is C15H25FN2. The molecule has 102 valence electrons. The first kappa shape index (κ1) is 15.1. The summed E-state index contributed by atoms with van der Waals surface area (Å²) >= 11 is 0. The van der Waals surface area contributed by atoms with Crippen LogP contribution in [0.4, 0.5) is 4.39 Å². The van der Waals surface area contributed by atoms with E-state index in [1.54, 1.807) is 6.07 Å². The van der Waals surface area contributed by atoms with E-state index in [0.29, 0.717) is 0 Å². The van der Waals surface area contributed by atoms with Gasteiger partial charge in [-0.25, -0.2) is 4.39 Å². The Hall–Kier alpha value is -0.930. The summed E-state index contributed by atoms with van der Waals surface area (Å²) in [7, 11) is 2.12. The standard InChI is InChI=1S/C15H25FN2/c1-3-4-5-10-18(2)11-9-15(17)13-7-6-8-14(16)12-13/h6-8,12,15H,3-5,9-11,17H2,1-2H3. The lowest BCUT2D eigenvalue weighted by atomic mass is 10.0. The molecule has 2 nitrogen and oxygen atoms in total. The van der Waals surface area contributed by atoms with Crippen LogP contribution in [0.3, 0.4) is 0 Å². The predicted octanol–water partition coefficient (Wildman–Crippen LogP) is 3.34. The SMILES string of the molecule is CCCCCN(C)CCC(N)c1cccc(F)c1. The maximum absolute atomic E-state index is 13.1. The average Bonchev–Trinajstić information content (AvgIpc) is 2.36. The van der Waals surface area contributed by atoms with Crippen LogP contribution in [0.5, 0.6) is 0 Å². The molecular weight excluding hydrogens is 227 g/mol. The molecule has 0 bridgehead atoms. The van der Waals surface area contributed by atoms with E-state index < -0.39 is 0 Å². The smallest absolute Gasteiger partial charge is 0.123 e. The maximum Gasteiger partial charge on any atom is 0.123 e. The highest BCUT2D eigenvalue weighted by molar-refractivity contribution is 5.19. The third kappa shape index (κ3) is 5.61. The van der Waals surface area contributed by atoms with Crippen molar-refractivity contribution in [3.63, 3.8) is 0 Å². The van der Waals surface area contributed by atoms with Gasteiger partial charge in [0.2, 0.25) is 0 Å². The topological polar surface area (TPSA) is 29.3 Å². The van der Waals surface area contributed by atoms with Crippen molar-refractivity contribution in [2.75, 3.05) is 20.1 Å². The zero-order valence-electron chi connectivity index (χ0n) is 11.5. The normalized spacial score (nSPS) is 12.9. The van der Waals surface area contributed by atoms with E-state index in [2.05, 4.69) is 18.9 Å². The number of hydrogen-bond donors (Lipinski definition) is 1. The van der Waals surface area contributed by atoms with E-state index in [9.17, 15) is 4.39 Å². The van der Waals surface area contributed by atoms with Gasteiger partial charge in [0, 0.05) is 6.04 Å². The summed E-state index contributed by atoms with van der Waals surface area (Å²) in [4.78, 5) is 2.30. The van der Waals surface area contributed by atoms with Gasteiger partial charge in [0.15, 0.2) is 0 Å². The zero-order chi connectivity index (χ0) is 13.4. The molecule has 0 fully saturated rings. The van der Waals surface area contributed by atoms with Crippen LogP contribution < -0.4 is 5.73 Å². The van der Waals surface area contributed by atoms with E-state index in [0.717, 1.165) is 25.1 Å². The first-order chi connectivity index (χ1) is 8.63. The molecule has 1 atom stereocenters. The molecule has 1 rings (SSSR count). The van der Waals surface area contributed by atoms with Crippen LogP contribution in [-0.4, -0.2) is 25.0 Å². The van der Waals surface area contributed by atoms with E-state index in [4.69, 9.17) is 5.73 Å². The summed E-state index contributed by atoms with van der Waals surface area (Å²) in [5.41, 5.74) is 6.96. The van der Waals surface area contributed by atoms with Crippen molar-refractivity contribution in [2.45, 2.75) is 38.6 Å². The van der Waals surface area contributed by atoms with Gasteiger partial charge in [0.1, 0.15) is 5.82 Å². The Morgan fingerprint density at radius 1 is 1.28 bits per heavy atom. The number of unbranched alkanes of at least 4 members (excludes halogenated alkanes) is 2. The summed E-state index contributed by atoms with van der Waals surface area (Å²) in [6, 6.07) is 6.52. The number of halogens is 1. The van der Waals surface area contributed by atoms with Crippen molar-refractivity contribution in [2.24, 2.45) is 5.73 Å². The first-order valence-electron chi connectivity index (χ1n) is 6.83. The second-order valence-corrected chi connectivity index (χ2v) is 4.96. The molecule has 0 aromatic heterocycles. The van der Waals surface area contributed by atoms with Crippen LogP contribution >= 0.6 is 0 Å².